The molecule has 3 nitrogen and oxygen atoms in total. The van der Waals surface area contributed by atoms with Crippen LogP contribution >= 0.6 is 11.3 Å². The highest BCUT2D eigenvalue weighted by Crippen LogP contribution is 2.06. The molecule has 1 aromatic heterocycles. The van der Waals surface area contributed by atoms with E-state index in [0.29, 0.717) is 6.54 Å². The van der Waals surface area contributed by atoms with Crippen molar-refractivity contribution in [2.75, 3.05) is 0 Å². The van der Waals surface area contributed by atoms with Gasteiger partial charge in [-0.25, -0.2) is 0 Å². The second-order valence-electron chi connectivity index (χ2n) is 3.37. The van der Waals surface area contributed by atoms with Gasteiger partial charge in [-0.15, -0.1) is 0 Å². The predicted molar refractivity (Wildman–Crippen MR) is 52.5 cm³/mol. The van der Waals surface area contributed by atoms with Crippen LogP contribution in [0, 0.1) is 0 Å². The molecule has 0 aliphatic rings. The molecule has 1 rings (SSSR count). The van der Waals surface area contributed by atoms with Crippen molar-refractivity contribution in [2.24, 2.45) is 0 Å². The SMILES string of the molecule is CC(C)(O)C(=O)NCc1ccsc1. The van der Waals surface area contributed by atoms with Gasteiger partial charge in [-0.1, -0.05) is 0 Å². The molecule has 0 aliphatic heterocycles. The zero-order valence-electron chi connectivity index (χ0n) is 7.70. The largest absolute Gasteiger partial charge is 0.381 e. The summed E-state index contributed by atoms with van der Waals surface area (Å²) < 4.78 is 0. The van der Waals surface area contributed by atoms with Gasteiger partial charge in [0.05, 0.1) is 0 Å². The summed E-state index contributed by atoms with van der Waals surface area (Å²) in [6, 6.07) is 1.94. The van der Waals surface area contributed by atoms with Crippen LogP contribution in [0.1, 0.15) is 19.4 Å². The highest BCUT2D eigenvalue weighted by molar-refractivity contribution is 7.07. The summed E-state index contributed by atoms with van der Waals surface area (Å²) in [5, 5.41) is 15.9. The van der Waals surface area contributed by atoms with Crippen LogP contribution in [0.2, 0.25) is 0 Å². The number of aliphatic hydroxyl groups is 1. The van der Waals surface area contributed by atoms with E-state index in [1.165, 1.54) is 13.8 Å². The number of hydrogen-bond donors (Lipinski definition) is 2. The lowest BCUT2D eigenvalue weighted by Gasteiger charge is -2.15. The number of amides is 1. The van der Waals surface area contributed by atoms with Gasteiger partial charge >= 0.3 is 0 Å². The number of thiophene rings is 1. The zero-order chi connectivity index (χ0) is 9.90. The Labute approximate surface area is 81.4 Å². The Bertz CT molecular complexity index is 274. The first-order valence-corrected chi connectivity index (χ1v) is 4.96. The van der Waals surface area contributed by atoms with Crippen molar-refractivity contribution in [3.8, 4) is 0 Å². The summed E-state index contributed by atoms with van der Waals surface area (Å²) in [7, 11) is 0. The molecule has 1 amide bonds. The summed E-state index contributed by atoms with van der Waals surface area (Å²) >= 11 is 1.58. The topological polar surface area (TPSA) is 49.3 Å². The van der Waals surface area contributed by atoms with Crippen LogP contribution in [-0.2, 0) is 11.3 Å². The Balaban J connectivity index is 2.40. The van der Waals surface area contributed by atoms with Gasteiger partial charge in [0.15, 0.2) is 0 Å². The number of hydrogen-bond acceptors (Lipinski definition) is 3. The molecule has 2 N–H and O–H groups in total. The molecule has 0 saturated heterocycles. The van der Waals surface area contributed by atoms with Crippen LogP contribution in [0.25, 0.3) is 0 Å². The summed E-state index contributed by atoms with van der Waals surface area (Å²) in [4.78, 5) is 11.2. The lowest BCUT2D eigenvalue weighted by molar-refractivity contribution is -0.136. The maximum atomic E-state index is 11.2. The first kappa shape index (κ1) is 10.2. The Morgan fingerprint density at radius 2 is 2.38 bits per heavy atom. The van der Waals surface area contributed by atoms with Gasteiger partial charge in [-0.3, -0.25) is 4.79 Å². The number of nitrogens with one attached hydrogen (secondary N) is 1. The van der Waals surface area contributed by atoms with E-state index in [0.717, 1.165) is 5.56 Å². The van der Waals surface area contributed by atoms with Gasteiger partial charge in [-0.05, 0) is 36.2 Å². The summed E-state index contributed by atoms with van der Waals surface area (Å²) in [6.07, 6.45) is 0. The third kappa shape index (κ3) is 3.16. The van der Waals surface area contributed by atoms with E-state index >= 15 is 0 Å². The normalized spacial score (nSPS) is 11.3. The maximum Gasteiger partial charge on any atom is 0.251 e. The molecule has 0 atom stereocenters. The van der Waals surface area contributed by atoms with Gasteiger partial charge < -0.3 is 10.4 Å². The predicted octanol–water partition coefficient (Wildman–Crippen LogP) is 1.14. The number of carbonyl (C=O) groups excluding carboxylic acids is 1. The molecule has 0 aromatic carbocycles. The molecule has 0 aliphatic carbocycles. The van der Waals surface area contributed by atoms with Crippen LogP contribution in [-0.4, -0.2) is 16.6 Å². The summed E-state index contributed by atoms with van der Waals surface area (Å²) in [5.41, 5.74) is -0.238. The Morgan fingerprint density at radius 3 is 2.85 bits per heavy atom. The van der Waals surface area contributed by atoms with E-state index in [4.69, 9.17) is 0 Å². The third-order valence-electron chi connectivity index (χ3n) is 1.59. The molecule has 13 heavy (non-hydrogen) atoms. The monoisotopic (exact) mass is 199 g/mol. The van der Waals surface area contributed by atoms with Gasteiger partial charge in [0.2, 0.25) is 0 Å². The molecule has 0 radical (unpaired) electrons. The lowest BCUT2D eigenvalue weighted by Crippen LogP contribution is -2.41. The van der Waals surface area contributed by atoms with Crippen molar-refractivity contribution in [1.82, 2.24) is 5.32 Å². The minimum absolute atomic E-state index is 0.348. The fraction of sp³-hybridized carbons (Fsp3) is 0.444. The van der Waals surface area contributed by atoms with Crippen molar-refractivity contribution < 1.29 is 9.90 Å². The van der Waals surface area contributed by atoms with E-state index < -0.39 is 5.60 Å². The van der Waals surface area contributed by atoms with E-state index in [1.54, 1.807) is 11.3 Å². The molecule has 0 saturated carbocycles. The third-order valence-corrected chi connectivity index (χ3v) is 2.32. The van der Waals surface area contributed by atoms with Crippen molar-refractivity contribution in [2.45, 2.75) is 26.0 Å². The smallest absolute Gasteiger partial charge is 0.251 e. The average molecular weight is 199 g/mol. The molecule has 0 bridgehead atoms. The highest BCUT2D eigenvalue weighted by atomic mass is 32.1. The first-order chi connectivity index (χ1) is 6.00. The van der Waals surface area contributed by atoms with E-state index in [2.05, 4.69) is 5.32 Å². The molecule has 0 fully saturated rings. The maximum absolute atomic E-state index is 11.2. The Morgan fingerprint density at radius 1 is 1.69 bits per heavy atom. The van der Waals surface area contributed by atoms with Crippen molar-refractivity contribution in [3.63, 3.8) is 0 Å². The molecule has 1 heterocycles. The lowest BCUT2D eigenvalue weighted by atomic mass is 10.1. The zero-order valence-corrected chi connectivity index (χ0v) is 8.52. The summed E-state index contributed by atoms with van der Waals surface area (Å²) in [5.74, 6) is -0.348. The summed E-state index contributed by atoms with van der Waals surface area (Å²) in [6.45, 7) is 3.41. The van der Waals surface area contributed by atoms with E-state index in [1.807, 2.05) is 16.8 Å². The molecule has 0 spiro atoms. The first-order valence-electron chi connectivity index (χ1n) is 4.02. The molecule has 1 aromatic rings. The second-order valence-corrected chi connectivity index (χ2v) is 4.15. The van der Waals surface area contributed by atoms with Crippen LogP contribution in [0.5, 0.6) is 0 Å². The van der Waals surface area contributed by atoms with Crippen molar-refractivity contribution in [3.05, 3.63) is 22.4 Å². The fourth-order valence-electron chi connectivity index (χ4n) is 0.792. The van der Waals surface area contributed by atoms with Crippen LogP contribution in [0.3, 0.4) is 0 Å². The minimum atomic E-state index is -1.30. The van der Waals surface area contributed by atoms with Crippen LogP contribution in [0.4, 0.5) is 0 Å². The van der Waals surface area contributed by atoms with E-state index in [-0.39, 0.29) is 5.91 Å². The fourth-order valence-corrected chi connectivity index (χ4v) is 1.46. The van der Waals surface area contributed by atoms with Crippen LogP contribution in [0.15, 0.2) is 16.8 Å². The van der Waals surface area contributed by atoms with E-state index in [9.17, 15) is 9.90 Å². The number of carbonyl (C=O) groups is 1. The quantitative estimate of drug-likeness (QED) is 0.766. The van der Waals surface area contributed by atoms with Gasteiger partial charge in [0.1, 0.15) is 5.60 Å². The molecular weight excluding hydrogens is 186 g/mol. The van der Waals surface area contributed by atoms with Crippen molar-refractivity contribution in [1.29, 1.82) is 0 Å². The van der Waals surface area contributed by atoms with Crippen molar-refractivity contribution >= 4 is 17.2 Å². The van der Waals surface area contributed by atoms with Crippen LogP contribution < -0.4 is 5.32 Å². The second kappa shape index (κ2) is 3.89. The Hall–Kier alpha value is -0.870. The molecule has 72 valence electrons. The highest BCUT2D eigenvalue weighted by Gasteiger charge is 2.22. The average Bonchev–Trinajstić information content (AvgIpc) is 2.50. The Kier molecular flexibility index (Phi) is 3.06. The minimum Gasteiger partial charge on any atom is -0.381 e. The molecule has 4 heteroatoms. The van der Waals surface area contributed by atoms with Gasteiger partial charge in [0, 0.05) is 6.54 Å². The molecule has 0 unspecified atom stereocenters. The van der Waals surface area contributed by atoms with Gasteiger partial charge in [0.25, 0.3) is 5.91 Å². The molecular formula is C9H13NO2S. The standard InChI is InChI=1S/C9H13NO2S/c1-9(2,12)8(11)10-5-7-3-4-13-6-7/h3-4,6,12H,5H2,1-2H3,(H,10,11). The van der Waals surface area contributed by atoms with Gasteiger partial charge in [-0.2, -0.15) is 11.3 Å². The number of rotatable bonds is 3.